The summed E-state index contributed by atoms with van der Waals surface area (Å²) in [5.74, 6) is -0.0482. The SMILES string of the molecule is NCCCC(=O)Nc1ccc(Cl)c2ncccc12. The van der Waals surface area contributed by atoms with Crippen LogP contribution in [0.3, 0.4) is 0 Å². The summed E-state index contributed by atoms with van der Waals surface area (Å²) in [5.41, 5.74) is 6.79. The largest absolute Gasteiger partial charge is 0.330 e. The maximum atomic E-state index is 11.7. The van der Waals surface area contributed by atoms with Gasteiger partial charge in [0.05, 0.1) is 16.2 Å². The van der Waals surface area contributed by atoms with E-state index in [4.69, 9.17) is 17.3 Å². The summed E-state index contributed by atoms with van der Waals surface area (Å²) in [7, 11) is 0. The van der Waals surface area contributed by atoms with Crippen LogP contribution in [0.15, 0.2) is 30.5 Å². The van der Waals surface area contributed by atoms with Gasteiger partial charge < -0.3 is 11.1 Å². The predicted molar refractivity (Wildman–Crippen MR) is 73.7 cm³/mol. The summed E-state index contributed by atoms with van der Waals surface area (Å²) in [6.07, 6.45) is 2.77. The summed E-state index contributed by atoms with van der Waals surface area (Å²) < 4.78 is 0. The normalized spacial score (nSPS) is 10.6. The van der Waals surface area contributed by atoms with E-state index < -0.39 is 0 Å². The number of hydrogen-bond acceptors (Lipinski definition) is 3. The molecule has 0 aliphatic heterocycles. The number of aromatic nitrogens is 1. The van der Waals surface area contributed by atoms with Gasteiger partial charge in [-0.05, 0) is 37.2 Å². The zero-order chi connectivity index (χ0) is 13.0. The van der Waals surface area contributed by atoms with Gasteiger partial charge in [-0.2, -0.15) is 0 Å². The van der Waals surface area contributed by atoms with Crippen molar-refractivity contribution in [3.63, 3.8) is 0 Å². The van der Waals surface area contributed by atoms with Crippen molar-refractivity contribution < 1.29 is 4.79 Å². The van der Waals surface area contributed by atoms with Crippen molar-refractivity contribution in [2.24, 2.45) is 5.73 Å². The van der Waals surface area contributed by atoms with Gasteiger partial charge in [-0.1, -0.05) is 11.6 Å². The van der Waals surface area contributed by atoms with Gasteiger partial charge in [0.15, 0.2) is 0 Å². The highest BCUT2D eigenvalue weighted by atomic mass is 35.5. The van der Waals surface area contributed by atoms with E-state index in [2.05, 4.69) is 10.3 Å². The van der Waals surface area contributed by atoms with Gasteiger partial charge in [0.1, 0.15) is 0 Å². The van der Waals surface area contributed by atoms with Crippen LogP contribution in [0.1, 0.15) is 12.8 Å². The Balaban J connectivity index is 2.29. The second-order valence-electron chi connectivity index (χ2n) is 3.93. The van der Waals surface area contributed by atoms with Gasteiger partial charge in [-0.3, -0.25) is 9.78 Å². The first kappa shape index (κ1) is 12.8. The third-order valence-electron chi connectivity index (χ3n) is 2.60. The van der Waals surface area contributed by atoms with E-state index in [0.717, 1.165) is 11.1 Å². The molecule has 1 aromatic carbocycles. The molecule has 3 N–H and O–H groups in total. The van der Waals surface area contributed by atoms with Crippen LogP contribution < -0.4 is 11.1 Å². The lowest BCUT2D eigenvalue weighted by molar-refractivity contribution is -0.116. The van der Waals surface area contributed by atoms with Crippen LogP contribution in [0.25, 0.3) is 10.9 Å². The van der Waals surface area contributed by atoms with Crippen molar-refractivity contribution in [1.29, 1.82) is 0 Å². The average Bonchev–Trinajstić information content (AvgIpc) is 2.40. The van der Waals surface area contributed by atoms with E-state index in [9.17, 15) is 4.79 Å². The summed E-state index contributed by atoms with van der Waals surface area (Å²) in [6.45, 7) is 0.510. The first-order valence-corrected chi connectivity index (χ1v) is 6.13. The monoisotopic (exact) mass is 263 g/mol. The number of nitrogens with zero attached hydrogens (tertiary/aromatic N) is 1. The lowest BCUT2D eigenvalue weighted by Gasteiger charge is -2.09. The van der Waals surface area contributed by atoms with E-state index in [1.165, 1.54) is 0 Å². The van der Waals surface area contributed by atoms with Crippen molar-refractivity contribution >= 4 is 34.1 Å². The summed E-state index contributed by atoms with van der Waals surface area (Å²) in [4.78, 5) is 15.9. The molecule has 94 valence electrons. The number of carbonyl (C=O) groups is 1. The Labute approximate surface area is 110 Å². The number of carbonyl (C=O) groups excluding carboxylic acids is 1. The Hall–Kier alpha value is -1.65. The molecule has 0 unspecified atom stereocenters. The number of amides is 1. The van der Waals surface area contributed by atoms with Gasteiger partial charge in [-0.25, -0.2) is 0 Å². The van der Waals surface area contributed by atoms with Crippen molar-refractivity contribution in [2.75, 3.05) is 11.9 Å². The number of hydrogen-bond donors (Lipinski definition) is 2. The van der Waals surface area contributed by atoms with E-state index in [1.807, 2.05) is 12.1 Å². The number of halogens is 1. The smallest absolute Gasteiger partial charge is 0.224 e. The first-order chi connectivity index (χ1) is 8.72. The highest BCUT2D eigenvalue weighted by molar-refractivity contribution is 6.35. The Morgan fingerprint density at radius 3 is 3.00 bits per heavy atom. The van der Waals surface area contributed by atoms with Gasteiger partial charge in [0, 0.05) is 18.0 Å². The van der Waals surface area contributed by atoms with Crippen LogP contribution >= 0.6 is 11.6 Å². The van der Waals surface area contributed by atoms with E-state index in [-0.39, 0.29) is 5.91 Å². The molecule has 0 saturated heterocycles. The van der Waals surface area contributed by atoms with E-state index in [0.29, 0.717) is 29.9 Å². The average molecular weight is 264 g/mol. The molecule has 0 spiro atoms. The first-order valence-electron chi connectivity index (χ1n) is 5.75. The molecule has 0 saturated carbocycles. The molecule has 5 heteroatoms. The van der Waals surface area contributed by atoms with Crippen molar-refractivity contribution in [2.45, 2.75) is 12.8 Å². The topological polar surface area (TPSA) is 68.0 Å². The maximum absolute atomic E-state index is 11.7. The zero-order valence-corrected chi connectivity index (χ0v) is 10.6. The molecule has 0 aliphatic carbocycles. The van der Waals surface area contributed by atoms with E-state index >= 15 is 0 Å². The lowest BCUT2D eigenvalue weighted by Crippen LogP contribution is -2.13. The Morgan fingerprint density at radius 1 is 1.39 bits per heavy atom. The highest BCUT2D eigenvalue weighted by Crippen LogP contribution is 2.27. The third kappa shape index (κ3) is 2.78. The Kier molecular flexibility index (Phi) is 4.12. The van der Waals surface area contributed by atoms with Crippen molar-refractivity contribution in [3.05, 3.63) is 35.5 Å². The molecule has 0 atom stereocenters. The molecule has 18 heavy (non-hydrogen) atoms. The summed E-state index contributed by atoms with van der Waals surface area (Å²) in [5, 5.41) is 4.27. The fourth-order valence-corrected chi connectivity index (χ4v) is 1.94. The molecule has 2 rings (SSSR count). The number of nitrogens with one attached hydrogen (secondary N) is 1. The number of fused-ring (bicyclic) bond motifs is 1. The fourth-order valence-electron chi connectivity index (χ4n) is 1.72. The zero-order valence-electron chi connectivity index (χ0n) is 9.82. The van der Waals surface area contributed by atoms with Crippen LogP contribution in [-0.4, -0.2) is 17.4 Å². The lowest BCUT2D eigenvalue weighted by atomic mass is 10.1. The fraction of sp³-hybridized carbons (Fsp3) is 0.231. The number of nitrogens with two attached hydrogens (primary N) is 1. The minimum atomic E-state index is -0.0482. The molecule has 1 aromatic heterocycles. The van der Waals surface area contributed by atoms with E-state index in [1.54, 1.807) is 18.3 Å². The number of rotatable bonds is 4. The number of benzene rings is 1. The Morgan fingerprint density at radius 2 is 2.22 bits per heavy atom. The van der Waals surface area contributed by atoms with Gasteiger partial charge in [0.25, 0.3) is 0 Å². The molecular formula is C13H14ClN3O. The number of pyridine rings is 1. The molecule has 0 radical (unpaired) electrons. The molecule has 0 bridgehead atoms. The minimum absolute atomic E-state index is 0.0482. The molecular weight excluding hydrogens is 250 g/mol. The summed E-state index contributed by atoms with van der Waals surface area (Å²) >= 11 is 6.06. The quantitative estimate of drug-likeness (QED) is 0.891. The van der Waals surface area contributed by atoms with Crippen LogP contribution in [0, 0.1) is 0 Å². The predicted octanol–water partition coefficient (Wildman–Crippen LogP) is 2.57. The molecule has 4 nitrogen and oxygen atoms in total. The molecule has 1 heterocycles. The maximum Gasteiger partial charge on any atom is 0.224 e. The second kappa shape index (κ2) is 5.80. The van der Waals surface area contributed by atoms with Crippen LogP contribution in [0.2, 0.25) is 5.02 Å². The van der Waals surface area contributed by atoms with Crippen molar-refractivity contribution in [1.82, 2.24) is 4.98 Å². The Bertz CT molecular complexity index is 571. The van der Waals surface area contributed by atoms with Gasteiger partial charge in [-0.15, -0.1) is 0 Å². The summed E-state index contributed by atoms with van der Waals surface area (Å²) in [6, 6.07) is 7.21. The molecule has 0 aliphatic rings. The van der Waals surface area contributed by atoms with Crippen LogP contribution in [0.4, 0.5) is 5.69 Å². The highest BCUT2D eigenvalue weighted by Gasteiger charge is 2.08. The molecule has 2 aromatic rings. The number of anilines is 1. The standard InChI is InChI=1S/C13H14ClN3O/c14-10-5-6-11(17-12(18)4-1-7-15)9-3-2-8-16-13(9)10/h2-3,5-6,8H,1,4,7,15H2,(H,17,18). The van der Waals surface area contributed by atoms with Crippen molar-refractivity contribution in [3.8, 4) is 0 Å². The van der Waals surface area contributed by atoms with Crippen LogP contribution in [-0.2, 0) is 4.79 Å². The minimum Gasteiger partial charge on any atom is -0.330 e. The van der Waals surface area contributed by atoms with Gasteiger partial charge >= 0.3 is 0 Å². The van der Waals surface area contributed by atoms with Gasteiger partial charge in [0.2, 0.25) is 5.91 Å². The molecule has 1 amide bonds. The second-order valence-corrected chi connectivity index (χ2v) is 4.34. The molecule has 0 fully saturated rings. The van der Waals surface area contributed by atoms with Crippen LogP contribution in [0.5, 0.6) is 0 Å². The third-order valence-corrected chi connectivity index (χ3v) is 2.91.